The minimum Gasteiger partial charge on any atom is -0.481 e. The number of rotatable bonds is 4. The van der Waals surface area contributed by atoms with Crippen LogP contribution < -0.4 is 19.5 Å². The normalized spacial score (nSPS) is 14.8. The molecule has 0 saturated carbocycles. The van der Waals surface area contributed by atoms with Crippen molar-refractivity contribution >= 4 is 5.69 Å². The van der Waals surface area contributed by atoms with Gasteiger partial charge in [-0.05, 0) is 12.1 Å². The maximum Gasteiger partial charge on any atom is 0.586 e. The molecule has 0 amide bonds. The van der Waals surface area contributed by atoms with Gasteiger partial charge in [-0.2, -0.15) is 0 Å². The number of methoxy groups -OCH3 is 1. The molecule has 0 bridgehead atoms. The summed E-state index contributed by atoms with van der Waals surface area (Å²) in [5, 5.41) is 3.04. The van der Waals surface area contributed by atoms with Crippen LogP contribution in [-0.4, -0.2) is 23.4 Å². The predicted molar refractivity (Wildman–Crippen MR) is 68.6 cm³/mol. The summed E-state index contributed by atoms with van der Waals surface area (Å²) in [7, 11) is 1.51. The lowest BCUT2D eigenvalue weighted by atomic mass is 10.2. The van der Waals surface area contributed by atoms with Crippen LogP contribution in [0.4, 0.5) is 14.5 Å². The fourth-order valence-corrected chi connectivity index (χ4v) is 1.84. The first-order chi connectivity index (χ1) is 10.1. The summed E-state index contributed by atoms with van der Waals surface area (Å²) in [4.78, 5) is 7.96. The van der Waals surface area contributed by atoms with Crippen LogP contribution >= 0.6 is 0 Å². The Morgan fingerprint density at radius 1 is 1.19 bits per heavy atom. The van der Waals surface area contributed by atoms with Crippen LogP contribution in [0, 0.1) is 0 Å². The fourth-order valence-electron chi connectivity index (χ4n) is 1.84. The molecule has 0 radical (unpaired) electrons. The highest BCUT2D eigenvalue weighted by Crippen LogP contribution is 2.42. The van der Waals surface area contributed by atoms with Crippen LogP contribution in [-0.2, 0) is 6.54 Å². The molecule has 0 unspecified atom stereocenters. The highest BCUT2D eigenvalue weighted by Gasteiger charge is 2.43. The van der Waals surface area contributed by atoms with E-state index in [4.69, 9.17) is 4.74 Å². The monoisotopic (exact) mass is 295 g/mol. The first-order valence-electron chi connectivity index (χ1n) is 6.04. The molecule has 0 spiro atoms. The van der Waals surface area contributed by atoms with Crippen molar-refractivity contribution in [3.05, 3.63) is 36.3 Å². The van der Waals surface area contributed by atoms with E-state index in [0.29, 0.717) is 23.8 Å². The van der Waals surface area contributed by atoms with Gasteiger partial charge in [-0.25, -0.2) is 9.97 Å². The van der Waals surface area contributed by atoms with Crippen LogP contribution in [0.5, 0.6) is 17.4 Å². The molecule has 21 heavy (non-hydrogen) atoms. The number of anilines is 1. The van der Waals surface area contributed by atoms with Crippen molar-refractivity contribution in [2.24, 2.45) is 0 Å². The highest BCUT2D eigenvalue weighted by molar-refractivity contribution is 5.56. The number of hydrogen-bond acceptors (Lipinski definition) is 6. The zero-order chi connectivity index (χ0) is 14.9. The molecule has 1 N–H and O–H groups in total. The molecule has 6 nitrogen and oxygen atoms in total. The number of nitrogens with zero attached hydrogens (tertiary/aromatic N) is 2. The van der Waals surface area contributed by atoms with Crippen molar-refractivity contribution in [1.82, 2.24) is 9.97 Å². The van der Waals surface area contributed by atoms with E-state index >= 15 is 0 Å². The van der Waals surface area contributed by atoms with E-state index in [-0.39, 0.29) is 11.5 Å². The molecule has 1 aliphatic rings. The van der Waals surface area contributed by atoms with Gasteiger partial charge in [0.2, 0.25) is 5.88 Å². The Morgan fingerprint density at radius 2 is 2.00 bits per heavy atom. The molecule has 3 rings (SSSR count). The third kappa shape index (κ3) is 2.93. The minimum atomic E-state index is -3.61. The lowest BCUT2D eigenvalue weighted by Gasteiger charge is -2.07. The topological polar surface area (TPSA) is 65.5 Å². The van der Waals surface area contributed by atoms with Gasteiger partial charge < -0.3 is 19.5 Å². The number of hydrogen-bond donors (Lipinski definition) is 1. The molecule has 1 aromatic carbocycles. The molecule has 8 heteroatoms. The molecule has 0 fully saturated rings. The number of alkyl halides is 2. The third-order valence-electron chi connectivity index (χ3n) is 2.78. The summed E-state index contributed by atoms with van der Waals surface area (Å²) in [6.45, 7) is 0.384. The van der Waals surface area contributed by atoms with E-state index in [2.05, 4.69) is 24.8 Å². The van der Waals surface area contributed by atoms with Crippen molar-refractivity contribution < 1.29 is 23.0 Å². The Balaban J connectivity index is 1.69. The number of aromatic nitrogens is 2. The predicted octanol–water partition coefficient (Wildman–Crippen LogP) is 2.42. The van der Waals surface area contributed by atoms with Gasteiger partial charge in [0.05, 0.1) is 19.3 Å². The van der Waals surface area contributed by atoms with E-state index in [0.717, 1.165) is 0 Å². The van der Waals surface area contributed by atoms with Gasteiger partial charge in [-0.1, -0.05) is 0 Å². The third-order valence-corrected chi connectivity index (χ3v) is 2.78. The number of nitrogens with one attached hydrogen (secondary N) is 1. The first-order valence-corrected chi connectivity index (χ1v) is 6.04. The van der Waals surface area contributed by atoms with Crippen molar-refractivity contribution in [1.29, 1.82) is 0 Å². The zero-order valence-corrected chi connectivity index (χ0v) is 11.0. The summed E-state index contributed by atoms with van der Waals surface area (Å²) >= 11 is 0. The van der Waals surface area contributed by atoms with Gasteiger partial charge in [0.25, 0.3) is 0 Å². The average molecular weight is 295 g/mol. The van der Waals surface area contributed by atoms with Crippen LogP contribution in [0.3, 0.4) is 0 Å². The fraction of sp³-hybridized carbons (Fsp3) is 0.231. The molecule has 1 aromatic heterocycles. The van der Waals surface area contributed by atoms with Crippen LogP contribution in [0.25, 0.3) is 0 Å². The van der Waals surface area contributed by atoms with Crippen LogP contribution in [0.1, 0.15) is 5.69 Å². The first kappa shape index (κ1) is 13.3. The maximum absolute atomic E-state index is 12.9. The van der Waals surface area contributed by atoms with E-state index in [1.54, 1.807) is 12.1 Å². The minimum absolute atomic E-state index is 0.00857. The molecule has 2 heterocycles. The van der Waals surface area contributed by atoms with E-state index in [9.17, 15) is 8.78 Å². The van der Waals surface area contributed by atoms with Gasteiger partial charge in [-0.15, -0.1) is 8.78 Å². The molecule has 0 aliphatic carbocycles. The van der Waals surface area contributed by atoms with Gasteiger partial charge in [-0.3, -0.25) is 0 Å². The molecule has 0 atom stereocenters. The van der Waals surface area contributed by atoms with Crippen LogP contribution in [0.2, 0.25) is 0 Å². The molecule has 110 valence electrons. The Labute approximate surface area is 118 Å². The smallest absolute Gasteiger partial charge is 0.481 e. The highest BCUT2D eigenvalue weighted by atomic mass is 19.3. The maximum atomic E-state index is 12.9. The molecule has 0 saturated heterocycles. The molecular formula is C13H11F2N3O3. The SMILES string of the molecule is COc1cc(CNc2ccc3c(c2)OC(F)(F)O3)ncn1. The van der Waals surface area contributed by atoms with Gasteiger partial charge in [0, 0.05) is 17.8 Å². The Morgan fingerprint density at radius 3 is 2.81 bits per heavy atom. The number of benzene rings is 1. The van der Waals surface area contributed by atoms with Gasteiger partial charge >= 0.3 is 6.29 Å². The van der Waals surface area contributed by atoms with Crippen molar-refractivity contribution in [3.8, 4) is 17.4 Å². The van der Waals surface area contributed by atoms with E-state index < -0.39 is 6.29 Å². The number of fused-ring (bicyclic) bond motifs is 1. The van der Waals surface area contributed by atoms with Crippen molar-refractivity contribution in [3.63, 3.8) is 0 Å². The summed E-state index contributed by atoms with van der Waals surface area (Å²) in [5.41, 5.74) is 1.30. The Bertz CT molecular complexity index is 667. The molecule has 1 aliphatic heterocycles. The zero-order valence-electron chi connectivity index (χ0n) is 11.0. The summed E-state index contributed by atoms with van der Waals surface area (Å²) in [5.74, 6) is 0.451. The van der Waals surface area contributed by atoms with E-state index in [1.807, 2.05) is 0 Å². The van der Waals surface area contributed by atoms with E-state index in [1.165, 1.54) is 25.6 Å². The lowest BCUT2D eigenvalue weighted by Crippen LogP contribution is -2.25. The molecule has 2 aromatic rings. The van der Waals surface area contributed by atoms with Gasteiger partial charge in [0.15, 0.2) is 11.5 Å². The number of halogens is 2. The largest absolute Gasteiger partial charge is 0.586 e. The van der Waals surface area contributed by atoms with Crippen LogP contribution in [0.15, 0.2) is 30.6 Å². The molecular weight excluding hydrogens is 284 g/mol. The Kier molecular flexibility index (Phi) is 3.20. The average Bonchev–Trinajstić information content (AvgIpc) is 2.78. The Hall–Kier alpha value is -2.64. The standard InChI is InChI=1S/C13H11F2N3O3/c1-19-12-5-9(17-7-18-12)6-16-8-2-3-10-11(4-8)21-13(14,15)20-10/h2-5,7,16H,6H2,1H3. The van der Waals surface area contributed by atoms with Gasteiger partial charge in [0.1, 0.15) is 6.33 Å². The second-order valence-corrected chi connectivity index (χ2v) is 4.23. The quantitative estimate of drug-likeness (QED) is 0.934. The summed E-state index contributed by atoms with van der Waals surface area (Å²) < 4.78 is 39.5. The number of ether oxygens (including phenoxy) is 3. The summed E-state index contributed by atoms with van der Waals surface area (Å²) in [6.07, 6.45) is -2.23. The second kappa shape index (κ2) is 5.04. The van der Waals surface area contributed by atoms with Crippen molar-refractivity contribution in [2.75, 3.05) is 12.4 Å². The summed E-state index contributed by atoms with van der Waals surface area (Å²) in [6, 6.07) is 6.14. The van der Waals surface area contributed by atoms with Crippen molar-refractivity contribution in [2.45, 2.75) is 12.8 Å². The second-order valence-electron chi connectivity index (χ2n) is 4.23. The lowest BCUT2D eigenvalue weighted by molar-refractivity contribution is -0.286.